The highest BCUT2D eigenvalue weighted by atomic mass is 35.5. The number of rotatable bonds is 6. The van der Waals surface area contributed by atoms with E-state index >= 15 is 0 Å². The van der Waals surface area contributed by atoms with Crippen molar-refractivity contribution in [1.82, 2.24) is 9.88 Å². The Morgan fingerprint density at radius 1 is 1.09 bits per heavy atom. The number of hydrogen-bond acceptors (Lipinski definition) is 6. The van der Waals surface area contributed by atoms with E-state index in [0.717, 1.165) is 5.56 Å². The number of nitrogens with zero attached hydrogens (tertiary/aromatic N) is 3. The molecule has 1 aliphatic rings. The topological polar surface area (TPSA) is 87.8 Å². The van der Waals surface area contributed by atoms with Gasteiger partial charge in [0.1, 0.15) is 10.6 Å². The van der Waals surface area contributed by atoms with Crippen LogP contribution in [0.15, 0.2) is 57.0 Å². The summed E-state index contributed by atoms with van der Waals surface area (Å²) in [5.74, 6) is 0.233. The molecule has 0 bridgehead atoms. The van der Waals surface area contributed by atoms with Gasteiger partial charge in [-0.1, -0.05) is 52.1 Å². The highest BCUT2D eigenvalue weighted by Gasteiger charge is 2.32. The van der Waals surface area contributed by atoms with Crippen LogP contribution >= 0.6 is 34.8 Å². The molecular weight excluding hydrogens is 495 g/mol. The molecule has 2 aromatic carbocycles. The van der Waals surface area contributed by atoms with Gasteiger partial charge in [0.2, 0.25) is 10.0 Å². The van der Waals surface area contributed by atoms with Gasteiger partial charge in [0, 0.05) is 16.5 Å². The summed E-state index contributed by atoms with van der Waals surface area (Å²) >= 11 is 18.5. The molecule has 0 amide bonds. The van der Waals surface area contributed by atoms with Crippen molar-refractivity contribution in [3.8, 4) is 0 Å². The minimum absolute atomic E-state index is 0.0260. The normalized spacial score (nSPS) is 16.5. The van der Waals surface area contributed by atoms with Crippen molar-refractivity contribution in [3.63, 3.8) is 0 Å². The summed E-state index contributed by atoms with van der Waals surface area (Å²) in [5.41, 5.74) is 2.58. The summed E-state index contributed by atoms with van der Waals surface area (Å²) in [4.78, 5) is 0.0444. The molecule has 4 rings (SSSR count). The molecule has 1 N–H and O–H groups in total. The number of anilines is 1. The third-order valence-corrected chi connectivity index (χ3v) is 7.52. The van der Waals surface area contributed by atoms with Crippen molar-refractivity contribution in [2.75, 3.05) is 11.6 Å². The maximum atomic E-state index is 12.8. The van der Waals surface area contributed by atoms with Crippen LogP contribution in [0.25, 0.3) is 0 Å². The van der Waals surface area contributed by atoms with Gasteiger partial charge in [-0.05, 0) is 49.7 Å². The largest absolute Gasteiger partial charge is 0.360 e. The smallest absolute Gasteiger partial charge is 0.246 e. The SMILES string of the molecule is Cc1noc(C)c1S(=O)(=O)NCC1=NN(c2ccc(Cl)cc2Cl)C(c2ccc(Cl)cc2)C1. The minimum atomic E-state index is -3.82. The molecule has 0 saturated carbocycles. The second kappa shape index (κ2) is 9.03. The number of nitrogens with one attached hydrogen (secondary N) is 1. The van der Waals surface area contributed by atoms with Crippen LogP contribution in [0.5, 0.6) is 0 Å². The Hall–Kier alpha value is -2.10. The fourth-order valence-electron chi connectivity index (χ4n) is 3.62. The summed E-state index contributed by atoms with van der Waals surface area (Å²) < 4.78 is 33.2. The van der Waals surface area contributed by atoms with Crippen molar-refractivity contribution in [2.24, 2.45) is 5.10 Å². The Balaban J connectivity index is 1.63. The van der Waals surface area contributed by atoms with Gasteiger partial charge in [-0.15, -0.1) is 0 Å². The van der Waals surface area contributed by atoms with Crippen LogP contribution in [-0.2, 0) is 10.0 Å². The maximum absolute atomic E-state index is 12.8. The standard InChI is InChI=1S/C21H19Cl3N4O3S/c1-12-21(13(2)31-27-12)32(29,30)25-11-17-10-20(14-3-5-15(22)6-4-14)28(26-17)19-8-7-16(23)9-18(19)24/h3-9,20,25H,10-11H2,1-2H3. The molecule has 32 heavy (non-hydrogen) atoms. The van der Waals surface area contributed by atoms with E-state index in [0.29, 0.717) is 38.6 Å². The van der Waals surface area contributed by atoms with Crippen LogP contribution in [0.3, 0.4) is 0 Å². The monoisotopic (exact) mass is 512 g/mol. The quantitative estimate of drug-likeness (QED) is 0.468. The zero-order valence-electron chi connectivity index (χ0n) is 17.1. The Morgan fingerprint density at radius 2 is 1.78 bits per heavy atom. The van der Waals surface area contributed by atoms with Crippen molar-refractivity contribution in [1.29, 1.82) is 0 Å². The van der Waals surface area contributed by atoms with Gasteiger partial charge >= 0.3 is 0 Å². The Labute approximate surface area is 201 Å². The summed E-state index contributed by atoms with van der Waals surface area (Å²) in [7, 11) is -3.82. The molecule has 1 aliphatic heterocycles. The number of aryl methyl sites for hydroxylation is 2. The molecule has 3 aromatic rings. The molecule has 0 saturated heterocycles. The maximum Gasteiger partial charge on any atom is 0.246 e. The predicted octanol–water partition coefficient (Wildman–Crippen LogP) is 5.54. The van der Waals surface area contributed by atoms with Gasteiger partial charge in [0.25, 0.3) is 0 Å². The fourth-order valence-corrected chi connectivity index (χ4v) is 5.59. The molecule has 0 spiro atoms. The molecule has 1 atom stereocenters. The van der Waals surface area contributed by atoms with E-state index in [4.69, 9.17) is 39.3 Å². The molecule has 1 aromatic heterocycles. The fraction of sp³-hybridized carbons (Fsp3) is 0.238. The van der Waals surface area contributed by atoms with Crippen molar-refractivity contribution >= 4 is 56.2 Å². The lowest BCUT2D eigenvalue weighted by Gasteiger charge is -2.25. The zero-order valence-corrected chi connectivity index (χ0v) is 20.2. The van der Waals surface area contributed by atoms with Gasteiger partial charge in [0.05, 0.1) is 29.0 Å². The highest BCUT2D eigenvalue weighted by molar-refractivity contribution is 7.89. The average molecular weight is 514 g/mol. The lowest BCUT2D eigenvalue weighted by Crippen LogP contribution is -2.29. The van der Waals surface area contributed by atoms with Crippen LogP contribution in [0.2, 0.25) is 15.1 Å². The van der Waals surface area contributed by atoms with Gasteiger partial charge in [-0.3, -0.25) is 5.01 Å². The first-order valence-electron chi connectivity index (χ1n) is 9.64. The van der Waals surface area contributed by atoms with E-state index < -0.39 is 10.0 Å². The number of sulfonamides is 1. The average Bonchev–Trinajstić information content (AvgIpc) is 3.30. The summed E-state index contributed by atoms with van der Waals surface area (Å²) in [6.45, 7) is 3.17. The second-order valence-electron chi connectivity index (χ2n) is 7.36. The van der Waals surface area contributed by atoms with Crippen LogP contribution in [0, 0.1) is 13.8 Å². The summed E-state index contributed by atoms with van der Waals surface area (Å²) in [5, 5.41) is 11.8. The van der Waals surface area contributed by atoms with Crippen molar-refractivity contribution in [3.05, 3.63) is 74.6 Å². The first-order valence-corrected chi connectivity index (χ1v) is 12.3. The molecular formula is C21H19Cl3N4O3S. The molecule has 2 heterocycles. The van der Waals surface area contributed by atoms with Crippen molar-refractivity contribution < 1.29 is 12.9 Å². The van der Waals surface area contributed by atoms with E-state index in [1.807, 2.05) is 12.1 Å². The lowest BCUT2D eigenvalue weighted by atomic mass is 10.0. The van der Waals surface area contributed by atoms with Crippen LogP contribution < -0.4 is 9.73 Å². The van der Waals surface area contributed by atoms with E-state index in [2.05, 4.69) is 15.0 Å². The summed E-state index contributed by atoms with van der Waals surface area (Å²) in [6.07, 6.45) is 0.491. The molecule has 168 valence electrons. The van der Waals surface area contributed by atoms with E-state index in [9.17, 15) is 8.42 Å². The zero-order chi connectivity index (χ0) is 23.0. The highest BCUT2D eigenvalue weighted by Crippen LogP contribution is 2.39. The number of aromatic nitrogens is 1. The van der Waals surface area contributed by atoms with Gasteiger partial charge < -0.3 is 4.52 Å². The third-order valence-electron chi connectivity index (χ3n) is 5.09. The van der Waals surface area contributed by atoms with Crippen LogP contribution in [0.4, 0.5) is 5.69 Å². The van der Waals surface area contributed by atoms with Gasteiger partial charge in [-0.2, -0.15) is 5.10 Å². The molecule has 0 fully saturated rings. The molecule has 11 heteroatoms. The molecule has 0 aliphatic carbocycles. The van der Waals surface area contributed by atoms with Gasteiger partial charge in [0.15, 0.2) is 5.76 Å². The van der Waals surface area contributed by atoms with Crippen LogP contribution in [0.1, 0.15) is 29.5 Å². The number of halogens is 3. The second-order valence-corrected chi connectivity index (χ2v) is 10.3. The number of hydrogen-bond donors (Lipinski definition) is 1. The Kier molecular flexibility index (Phi) is 6.51. The Bertz CT molecular complexity index is 1270. The van der Waals surface area contributed by atoms with Crippen molar-refractivity contribution in [2.45, 2.75) is 31.2 Å². The first kappa shape index (κ1) is 23.1. The number of hydrazone groups is 1. The third kappa shape index (κ3) is 4.65. The van der Waals surface area contributed by atoms with Crippen LogP contribution in [-0.4, -0.2) is 25.8 Å². The number of benzene rings is 2. The van der Waals surface area contributed by atoms with E-state index in [1.165, 1.54) is 0 Å². The summed E-state index contributed by atoms with van der Waals surface area (Å²) in [6, 6.07) is 12.4. The molecule has 1 unspecified atom stereocenters. The van der Waals surface area contributed by atoms with Gasteiger partial charge in [-0.25, -0.2) is 13.1 Å². The van der Waals surface area contributed by atoms with E-state index in [-0.39, 0.29) is 23.2 Å². The van der Waals surface area contributed by atoms with E-state index in [1.54, 1.807) is 49.2 Å². The molecule has 0 radical (unpaired) electrons. The Morgan fingerprint density at radius 3 is 2.41 bits per heavy atom. The predicted molar refractivity (Wildman–Crippen MR) is 126 cm³/mol. The lowest BCUT2D eigenvalue weighted by molar-refractivity contribution is 0.390. The molecule has 7 nitrogen and oxygen atoms in total. The first-order chi connectivity index (χ1) is 15.2. The minimum Gasteiger partial charge on any atom is -0.360 e.